The molecule has 0 spiro atoms. The Morgan fingerprint density at radius 3 is 2.48 bits per heavy atom. The molecule has 2 aromatic rings. The molecule has 0 atom stereocenters. The Kier molecular flexibility index (Phi) is 6.48. The van der Waals surface area contributed by atoms with E-state index in [1.165, 1.54) is 23.4 Å². The van der Waals surface area contributed by atoms with Crippen LogP contribution in [0.1, 0.15) is 18.4 Å². The molecule has 132 valence electrons. The normalized spacial score (nSPS) is 20.2. The minimum Gasteiger partial charge on any atom is -0.352 e. The molecule has 1 aliphatic heterocycles. The van der Waals surface area contributed by atoms with Crippen molar-refractivity contribution in [2.24, 2.45) is 0 Å². The summed E-state index contributed by atoms with van der Waals surface area (Å²) in [7, 11) is 0. The number of rotatable bonds is 6. The smallest absolute Gasteiger partial charge is 0.230 e. The summed E-state index contributed by atoms with van der Waals surface area (Å²) in [6.07, 6.45) is 2.00. The first-order chi connectivity index (χ1) is 12.2. The van der Waals surface area contributed by atoms with Crippen LogP contribution in [-0.4, -0.2) is 30.8 Å². The van der Waals surface area contributed by atoms with Gasteiger partial charge in [-0.3, -0.25) is 4.79 Å². The standard InChI is InChI=1S/C20H23FN2OS/c21-18-8-4-5-9-19(18)25-15-20(24)22-17-10-12-23(13-11-17)14-16-6-2-1-3-7-16/h1-9,17H,10-15H2,(H,22,24)/p+1. The van der Waals surface area contributed by atoms with Gasteiger partial charge >= 0.3 is 0 Å². The van der Waals surface area contributed by atoms with Gasteiger partial charge in [0.1, 0.15) is 12.4 Å². The van der Waals surface area contributed by atoms with Crippen molar-refractivity contribution >= 4 is 17.7 Å². The molecule has 1 fully saturated rings. The zero-order valence-electron chi connectivity index (χ0n) is 14.2. The van der Waals surface area contributed by atoms with Crippen LogP contribution in [0.3, 0.4) is 0 Å². The minimum absolute atomic E-state index is 0.00948. The topological polar surface area (TPSA) is 33.5 Å². The first-order valence-electron chi connectivity index (χ1n) is 8.75. The molecule has 2 aromatic carbocycles. The maximum Gasteiger partial charge on any atom is 0.230 e. The van der Waals surface area contributed by atoms with Crippen molar-refractivity contribution in [3.05, 3.63) is 66.0 Å². The fraction of sp³-hybridized carbons (Fsp3) is 0.350. The third-order valence-corrected chi connectivity index (χ3v) is 5.60. The van der Waals surface area contributed by atoms with Crippen LogP contribution < -0.4 is 10.2 Å². The van der Waals surface area contributed by atoms with Crippen LogP contribution >= 0.6 is 11.8 Å². The third-order valence-electron chi connectivity index (χ3n) is 4.55. The molecule has 0 saturated carbocycles. The summed E-state index contributed by atoms with van der Waals surface area (Å²) in [5.74, 6) is -0.0132. The van der Waals surface area contributed by atoms with Gasteiger partial charge in [-0.2, -0.15) is 0 Å². The Balaban J connectivity index is 1.38. The quantitative estimate of drug-likeness (QED) is 0.776. The number of carbonyl (C=O) groups is 1. The Morgan fingerprint density at radius 1 is 1.08 bits per heavy atom. The van der Waals surface area contributed by atoms with Gasteiger partial charge in [0.2, 0.25) is 5.91 Å². The summed E-state index contributed by atoms with van der Waals surface area (Å²) in [6, 6.07) is 17.4. The number of quaternary nitrogens is 1. The third kappa shape index (κ3) is 5.58. The fourth-order valence-corrected chi connectivity index (χ4v) is 3.96. The monoisotopic (exact) mass is 359 g/mol. The maximum atomic E-state index is 13.6. The molecule has 0 aliphatic carbocycles. The van der Waals surface area contributed by atoms with Gasteiger partial charge in [0.05, 0.1) is 18.8 Å². The van der Waals surface area contributed by atoms with Gasteiger partial charge in [-0.05, 0) is 12.1 Å². The van der Waals surface area contributed by atoms with E-state index in [2.05, 4.69) is 29.6 Å². The molecule has 3 rings (SSSR count). The lowest BCUT2D eigenvalue weighted by atomic mass is 10.0. The van der Waals surface area contributed by atoms with Crippen LogP contribution in [0.15, 0.2) is 59.5 Å². The Bertz CT molecular complexity index is 687. The molecule has 5 heteroatoms. The fourth-order valence-electron chi connectivity index (χ4n) is 3.21. The van der Waals surface area contributed by atoms with E-state index in [0.717, 1.165) is 32.5 Å². The number of likely N-dealkylation sites (tertiary alicyclic amines) is 1. The number of amides is 1. The largest absolute Gasteiger partial charge is 0.352 e. The molecule has 0 unspecified atom stereocenters. The summed E-state index contributed by atoms with van der Waals surface area (Å²) >= 11 is 1.25. The van der Waals surface area contributed by atoms with E-state index in [4.69, 9.17) is 0 Å². The summed E-state index contributed by atoms with van der Waals surface area (Å²) in [5.41, 5.74) is 1.36. The lowest BCUT2D eigenvalue weighted by Crippen LogP contribution is -3.12. The van der Waals surface area contributed by atoms with Crippen molar-refractivity contribution in [3.63, 3.8) is 0 Å². The number of nitrogens with one attached hydrogen (secondary N) is 2. The molecule has 1 saturated heterocycles. The number of hydrogen-bond acceptors (Lipinski definition) is 2. The molecular formula is C20H24FN2OS+. The highest BCUT2D eigenvalue weighted by Crippen LogP contribution is 2.20. The lowest BCUT2D eigenvalue weighted by Gasteiger charge is -2.29. The maximum absolute atomic E-state index is 13.6. The van der Waals surface area contributed by atoms with Gasteiger partial charge in [0.15, 0.2) is 0 Å². The first kappa shape index (κ1) is 18.0. The summed E-state index contributed by atoms with van der Waals surface area (Å²) in [6.45, 7) is 3.19. The summed E-state index contributed by atoms with van der Waals surface area (Å²) < 4.78 is 13.6. The molecule has 3 nitrogen and oxygen atoms in total. The molecule has 1 aliphatic rings. The van der Waals surface area contributed by atoms with E-state index < -0.39 is 0 Å². The van der Waals surface area contributed by atoms with Crippen molar-refractivity contribution in [2.45, 2.75) is 30.3 Å². The van der Waals surface area contributed by atoms with Crippen molar-refractivity contribution < 1.29 is 14.1 Å². The van der Waals surface area contributed by atoms with E-state index in [1.807, 2.05) is 6.07 Å². The predicted octanol–water partition coefficient (Wildman–Crippen LogP) is 2.28. The average molecular weight is 359 g/mol. The van der Waals surface area contributed by atoms with E-state index >= 15 is 0 Å². The van der Waals surface area contributed by atoms with Crippen molar-refractivity contribution in [2.75, 3.05) is 18.8 Å². The molecule has 0 radical (unpaired) electrons. The van der Waals surface area contributed by atoms with Gasteiger partial charge in [0, 0.05) is 29.3 Å². The van der Waals surface area contributed by atoms with Gasteiger partial charge in [-0.25, -0.2) is 4.39 Å². The summed E-state index contributed by atoms with van der Waals surface area (Å²) in [4.78, 5) is 14.2. The zero-order valence-corrected chi connectivity index (χ0v) is 15.0. The second-order valence-electron chi connectivity index (χ2n) is 6.47. The van der Waals surface area contributed by atoms with Gasteiger partial charge in [-0.15, -0.1) is 11.8 Å². The number of piperidine rings is 1. The van der Waals surface area contributed by atoms with Crippen LogP contribution in [0.2, 0.25) is 0 Å². The molecule has 25 heavy (non-hydrogen) atoms. The first-order valence-corrected chi connectivity index (χ1v) is 9.73. The Morgan fingerprint density at radius 2 is 1.76 bits per heavy atom. The molecule has 0 aromatic heterocycles. The Labute approximate surface area is 152 Å². The number of carbonyl (C=O) groups excluding carboxylic acids is 1. The van der Waals surface area contributed by atoms with Crippen LogP contribution in [0.25, 0.3) is 0 Å². The van der Waals surface area contributed by atoms with Crippen LogP contribution in [0.4, 0.5) is 4.39 Å². The van der Waals surface area contributed by atoms with Crippen LogP contribution in [0, 0.1) is 5.82 Å². The van der Waals surface area contributed by atoms with Gasteiger partial charge in [0.25, 0.3) is 0 Å². The molecular weight excluding hydrogens is 335 g/mol. The van der Waals surface area contributed by atoms with E-state index in [9.17, 15) is 9.18 Å². The van der Waals surface area contributed by atoms with E-state index in [1.54, 1.807) is 23.1 Å². The average Bonchev–Trinajstić information content (AvgIpc) is 2.64. The molecule has 1 amide bonds. The van der Waals surface area contributed by atoms with Crippen molar-refractivity contribution in [1.82, 2.24) is 5.32 Å². The summed E-state index contributed by atoms with van der Waals surface area (Å²) in [5, 5.41) is 3.10. The minimum atomic E-state index is -0.266. The number of hydrogen-bond donors (Lipinski definition) is 2. The van der Waals surface area contributed by atoms with E-state index in [-0.39, 0.29) is 23.5 Å². The number of thioether (sulfide) groups is 1. The SMILES string of the molecule is O=C(CSc1ccccc1F)NC1CC[NH+](Cc2ccccc2)CC1. The second kappa shape index (κ2) is 9.02. The van der Waals surface area contributed by atoms with Crippen molar-refractivity contribution in [1.29, 1.82) is 0 Å². The Hall–Kier alpha value is -1.85. The highest BCUT2D eigenvalue weighted by molar-refractivity contribution is 8.00. The number of halogens is 1. The van der Waals surface area contributed by atoms with Crippen molar-refractivity contribution in [3.8, 4) is 0 Å². The molecule has 2 N–H and O–H groups in total. The highest BCUT2D eigenvalue weighted by atomic mass is 32.2. The molecule has 1 heterocycles. The lowest BCUT2D eigenvalue weighted by molar-refractivity contribution is -0.918. The zero-order chi connectivity index (χ0) is 17.5. The number of benzene rings is 2. The molecule has 0 bridgehead atoms. The van der Waals surface area contributed by atoms with Gasteiger partial charge < -0.3 is 10.2 Å². The highest BCUT2D eigenvalue weighted by Gasteiger charge is 2.23. The predicted molar refractivity (Wildman–Crippen MR) is 99.1 cm³/mol. The van der Waals surface area contributed by atoms with Gasteiger partial charge in [-0.1, -0.05) is 42.5 Å². The van der Waals surface area contributed by atoms with Crippen LogP contribution in [0.5, 0.6) is 0 Å². The van der Waals surface area contributed by atoms with Crippen LogP contribution in [-0.2, 0) is 11.3 Å². The van der Waals surface area contributed by atoms with E-state index in [0.29, 0.717) is 4.90 Å². The second-order valence-corrected chi connectivity index (χ2v) is 7.49.